The molecule has 0 amide bonds. The number of likely N-dealkylation sites (N-methyl/N-ethyl adjacent to an activating group) is 1. The highest BCUT2D eigenvalue weighted by Gasteiger charge is 2.24. The van der Waals surface area contributed by atoms with Crippen LogP contribution in [-0.2, 0) is 0 Å². The van der Waals surface area contributed by atoms with Gasteiger partial charge < -0.3 is 14.9 Å². The molecule has 1 unspecified atom stereocenters. The third kappa shape index (κ3) is 3.25. The largest absolute Gasteiger partial charge is 0.389 e. The molecule has 4 heteroatoms. The molecule has 3 nitrogen and oxygen atoms in total. The smallest absolute Gasteiger partial charge is 0.123 e. The summed E-state index contributed by atoms with van der Waals surface area (Å²) >= 11 is 0. The van der Waals surface area contributed by atoms with Gasteiger partial charge in [-0.2, -0.15) is 0 Å². The summed E-state index contributed by atoms with van der Waals surface area (Å²) in [4.78, 5) is 4.49. The second kappa shape index (κ2) is 5.88. The van der Waals surface area contributed by atoms with Gasteiger partial charge in [-0.1, -0.05) is 0 Å². The molecule has 1 fully saturated rings. The molecule has 0 bridgehead atoms. The maximum Gasteiger partial charge on any atom is 0.123 e. The van der Waals surface area contributed by atoms with Crippen molar-refractivity contribution in [3.8, 4) is 0 Å². The van der Waals surface area contributed by atoms with Gasteiger partial charge in [-0.25, -0.2) is 4.39 Å². The maximum absolute atomic E-state index is 13.3. The Bertz CT molecular complexity index is 434. The Morgan fingerprint density at radius 1 is 1.42 bits per heavy atom. The topological polar surface area (TPSA) is 26.7 Å². The lowest BCUT2D eigenvalue weighted by molar-refractivity contribution is 0.198. The molecule has 1 aromatic rings. The number of piperidine rings is 1. The summed E-state index contributed by atoms with van der Waals surface area (Å²) in [6.45, 7) is 3.58. The second-order valence-corrected chi connectivity index (χ2v) is 5.58. The standard InChI is InChI=1S/C15H23FN2O/c1-11(19)14-9-12(16)6-7-15(14)18-8-4-5-13(10-18)17(2)3/h6-7,9,11,13,19H,4-5,8,10H2,1-3H3/t11-,13?/m0/s1. The Morgan fingerprint density at radius 2 is 2.16 bits per heavy atom. The number of aliphatic hydroxyl groups excluding tert-OH is 1. The first kappa shape index (κ1) is 14.3. The van der Waals surface area contributed by atoms with Gasteiger partial charge in [0.15, 0.2) is 0 Å². The fourth-order valence-corrected chi connectivity index (χ4v) is 2.74. The first-order chi connectivity index (χ1) is 8.99. The SMILES string of the molecule is C[C@H](O)c1cc(F)ccc1N1CCCC(N(C)C)C1. The van der Waals surface area contributed by atoms with Crippen LogP contribution in [-0.4, -0.2) is 43.2 Å². The highest BCUT2D eigenvalue weighted by molar-refractivity contribution is 5.55. The van der Waals surface area contributed by atoms with Crippen LogP contribution in [0.5, 0.6) is 0 Å². The van der Waals surface area contributed by atoms with Crippen LogP contribution in [0.1, 0.15) is 31.4 Å². The molecule has 1 aromatic carbocycles. The number of hydrogen-bond donors (Lipinski definition) is 1. The quantitative estimate of drug-likeness (QED) is 0.910. The number of halogens is 1. The molecular weight excluding hydrogens is 243 g/mol. The third-order valence-electron chi connectivity index (χ3n) is 3.91. The highest BCUT2D eigenvalue weighted by atomic mass is 19.1. The minimum Gasteiger partial charge on any atom is -0.389 e. The first-order valence-electron chi connectivity index (χ1n) is 6.88. The molecule has 1 aliphatic heterocycles. The van der Waals surface area contributed by atoms with Gasteiger partial charge in [-0.3, -0.25) is 0 Å². The molecule has 19 heavy (non-hydrogen) atoms. The van der Waals surface area contributed by atoms with E-state index in [9.17, 15) is 9.50 Å². The van der Waals surface area contributed by atoms with E-state index < -0.39 is 6.10 Å². The van der Waals surface area contributed by atoms with Crippen LogP contribution in [0.4, 0.5) is 10.1 Å². The maximum atomic E-state index is 13.3. The summed E-state index contributed by atoms with van der Waals surface area (Å²) < 4.78 is 13.3. The molecule has 1 N–H and O–H groups in total. The van der Waals surface area contributed by atoms with Crippen LogP contribution in [0.2, 0.25) is 0 Å². The third-order valence-corrected chi connectivity index (χ3v) is 3.91. The van der Waals surface area contributed by atoms with Crippen molar-refractivity contribution in [3.63, 3.8) is 0 Å². The number of aliphatic hydroxyl groups is 1. The minimum absolute atomic E-state index is 0.291. The van der Waals surface area contributed by atoms with Gasteiger partial charge in [0.2, 0.25) is 0 Å². The molecule has 1 saturated heterocycles. The lowest BCUT2D eigenvalue weighted by atomic mass is 10.0. The van der Waals surface area contributed by atoms with Crippen molar-refractivity contribution in [2.45, 2.75) is 31.9 Å². The average molecular weight is 266 g/mol. The van der Waals surface area contributed by atoms with Crippen molar-refractivity contribution < 1.29 is 9.50 Å². The van der Waals surface area contributed by atoms with Crippen LogP contribution < -0.4 is 4.90 Å². The number of rotatable bonds is 3. The van der Waals surface area contributed by atoms with E-state index in [1.54, 1.807) is 13.0 Å². The molecule has 0 aromatic heterocycles. The predicted octanol–water partition coefficient (Wildman–Crippen LogP) is 2.41. The normalized spacial score (nSPS) is 21.8. The zero-order valence-electron chi connectivity index (χ0n) is 11.9. The number of anilines is 1. The first-order valence-corrected chi connectivity index (χ1v) is 6.88. The summed E-state index contributed by atoms with van der Waals surface area (Å²) in [6.07, 6.45) is 1.67. The Labute approximate surface area is 114 Å². The van der Waals surface area contributed by atoms with E-state index in [1.165, 1.54) is 18.6 Å². The Balaban J connectivity index is 2.25. The van der Waals surface area contributed by atoms with E-state index >= 15 is 0 Å². The summed E-state index contributed by atoms with van der Waals surface area (Å²) in [5.41, 5.74) is 1.64. The number of hydrogen-bond acceptors (Lipinski definition) is 3. The van der Waals surface area contributed by atoms with Gasteiger partial charge >= 0.3 is 0 Å². The van der Waals surface area contributed by atoms with Crippen molar-refractivity contribution in [1.82, 2.24) is 4.90 Å². The van der Waals surface area contributed by atoms with Crippen molar-refractivity contribution in [1.29, 1.82) is 0 Å². The Morgan fingerprint density at radius 3 is 2.79 bits per heavy atom. The molecule has 0 saturated carbocycles. The van der Waals surface area contributed by atoms with E-state index in [1.807, 2.05) is 0 Å². The van der Waals surface area contributed by atoms with Crippen molar-refractivity contribution >= 4 is 5.69 Å². The van der Waals surface area contributed by atoms with E-state index in [0.29, 0.717) is 11.6 Å². The van der Waals surface area contributed by atoms with Gasteiger partial charge in [0.25, 0.3) is 0 Å². The molecule has 1 heterocycles. The molecule has 0 spiro atoms. The van der Waals surface area contributed by atoms with Crippen LogP contribution in [0.15, 0.2) is 18.2 Å². The van der Waals surface area contributed by atoms with Crippen molar-refractivity contribution in [3.05, 3.63) is 29.6 Å². The van der Waals surface area contributed by atoms with Gasteiger partial charge in [-0.15, -0.1) is 0 Å². The van der Waals surface area contributed by atoms with Gasteiger partial charge in [0.05, 0.1) is 6.10 Å². The monoisotopic (exact) mass is 266 g/mol. The number of nitrogens with zero attached hydrogens (tertiary/aromatic N) is 2. The highest BCUT2D eigenvalue weighted by Crippen LogP contribution is 2.30. The molecule has 2 atom stereocenters. The summed E-state index contributed by atoms with van der Waals surface area (Å²) in [5, 5.41) is 9.83. The van der Waals surface area contributed by atoms with Gasteiger partial charge in [0, 0.05) is 30.4 Å². The Kier molecular flexibility index (Phi) is 4.42. The average Bonchev–Trinajstić information content (AvgIpc) is 2.38. The van der Waals surface area contributed by atoms with Crippen LogP contribution in [0, 0.1) is 5.82 Å². The Hall–Kier alpha value is -1.13. The van der Waals surface area contributed by atoms with Crippen molar-refractivity contribution in [2.24, 2.45) is 0 Å². The zero-order valence-corrected chi connectivity index (χ0v) is 11.9. The van der Waals surface area contributed by atoms with E-state index in [0.717, 1.165) is 25.2 Å². The molecular formula is C15H23FN2O. The summed E-state index contributed by atoms with van der Waals surface area (Å²) in [7, 11) is 4.18. The van der Waals surface area contributed by atoms with Crippen LogP contribution in [0.3, 0.4) is 0 Å². The lowest BCUT2D eigenvalue weighted by Gasteiger charge is -2.38. The predicted molar refractivity (Wildman–Crippen MR) is 76.0 cm³/mol. The van der Waals surface area contributed by atoms with Crippen molar-refractivity contribution in [2.75, 3.05) is 32.1 Å². The van der Waals surface area contributed by atoms with Gasteiger partial charge in [-0.05, 0) is 52.1 Å². The minimum atomic E-state index is -0.648. The van der Waals surface area contributed by atoms with E-state index in [4.69, 9.17) is 0 Å². The van der Waals surface area contributed by atoms with Crippen LogP contribution in [0.25, 0.3) is 0 Å². The van der Waals surface area contributed by atoms with Gasteiger partial charge in [0.1, 0.15) is 5.82 Å². The van der Waals surface area contributed by atoms with E-state index in [-0.39, 0.29) is 5.82 Å². The van der Waals surface area contributed by atoms with Crippen LogP contribution >= 0.6 is 0 Å². The molecule has 2 rings (SSSR count). The summed E-state index contributed by atoms with van der Waals surface area (Å²) in [6, 6.07) is 5.22. The fraction of sp³-hybridized carbons (Fsp3) is 0.600. The second-order valence-electron chi connectivity index (χ2n) is 5.58. The lowest BCUT2D eigenvalue weighted by Crippen LogP contribution is -2.45. The number of benzene rings is 1. The molecule has 0 aliphatic carbocycles. The zero-order chi connectivity index (χ0) is 14.0. The summed E-state index contributed by atoms with van der Waals surface area (Å²) in [5.74, 6) is -0.291. The van der Waals surface area contributed by atoms with E-state index in [2.05, 4.69) is 23.9 Å². The molecule has 1 aliphatic rings. The molecule has 106 valence electrons. The fourth-order valence-electron chi connectivity index (χ4n) is 2.74. The molecule has 0 radical (unpaired) electrons.